The number of hydrogen-bond donors (Lipinski definition) is 1. The normalized spacial score (nSPS) is 18.6. The second-order valence-corrected chi connectivity index (χ2v) is 3.70. The molecule has 0 aliphatic heterocycles. The lowest BCUT2D eigenvalue weighted by Gasteiger charge is -2.21. The number of carbonyl (C=O) groups is 1. The summed E-state index contributed by atoms with van der Waals surface area (Å²) in [6.45, 7) is 0.462. The Morgan fingerprint density at radius 1 is 1.50 bits per heavy atom. The number of carboxylic acids is 1. The maximum Gasteiger partial charge on any atom is 0.309 e. The van der Waals surface area contributed by atoms with Crippen LogP contribution < -0.4 is 4.91 Å². The van der Waals surface area contributed by atoms with E-state index < -0.39 is 11.4 Å². The van der Waals surface area contributed by atoms with Crippen LogP contribution >= 0.6 is 0 Å². The molecule has 0 bridgehead atoms. The molecule has 0 aromatic carbocycles. The molecule has 14 heavy (non-hydrogen) atoms. The minimum atomic E-state index is -0.682. The summed E-state index contributed by atoms with van der Waals surface area (Å²) in [5.74, 6) is -0.682. The molecule has 5 nitrogen and oxygen atoms in total. The standard InChI is InChI=1S/C9H15N3O2/c1-10-12-11-7-6-9(8(13)14)4-2-3-5-9/h2-7H2,1H3/p+1. The molecule has 0 aromatic rings. The van der Waals surface area contributed by atoms with E-state index in [2.05, 4.69) is 15.1 Å². The highest BCUT2D eigenvalue weighted by Crippen LogP contribution is 2.41. The zero-order valence-electron chi connectivity index (χ0n) is 8.44. The Bertz CT molecular complexity index is 263. The van der Waals surface area contributed by atoms with E-state index >= 15 is 0 Å². The van der Waals surface area contributed by atoms with Gasteiger partial charge in [0.05, 0.1) is 5.41 Å². The summed E-state index contributed by atoms with van der Waals surface area (Å²) in [5, 5.41) is 16.4. The first-order valence-corrected chi connectivity index (χ1v) is 4.90. The van der Waals surface area contributed by atoms with Crippen molar-refractivity contribution in [3.8, 4) is 0 Å². The third-order valence-corrected chi connectivity index (χ3v) is 2.86. The van der Waals surface area contributed by atoms with E-state index in [1.54, 1.807) is 7.05 Å². The molecule has 0 unspecified atom stereocenters. The Kier molecular flexibility index (Phi) is 3.77. The minimum absolute atomic E-state index is 0.462. The molecular formula is C9H16N3O2+. The van der Waals surface area contributed by atoms with E-state index in [4.69, 9.17) is 5.11 Å². The quantitative estimate of drug-likeness (QED) is 0.550. The van der Waals surface area contributed by atoms with Crippen LogP contribution in [0.3, 0.4) is 0 Å². The maximum atomic E-state index is 11.1. The van der Waals surface area contributed by atoms with Crippen molar-refractivity contribution in [2.75, 3.05) is 13.6 Å². The number of aliphatic carboxylic acids is 1. The zero-order chi connectivity index (χ0) is 10.4. The van der Waals surface area contributed by atoms with Gasteiger partial charge < -0.3 is 5.11 Å². The van der Waals surface area contributed by atoms with E-state index in [1.165, 1.54) is 0 Å². The van der Waals surface area contributed by atoms with Crippen LogP contribution in [0.5, 0.6) is 0 Å². The summed E-state index contributed by atoms with van der Waals surface area (Å²) < 4.78 is 0. The fraction of sp³-hybridized carbons (Fsp3) is 0.889. The van der Waals surface area contributed by atoms with Crippen molar-refractivity contribution in [1.29, 1.82) is 0 Å². The number of nitrogens with zero attached hydrogens (tertiary/aromatic N) is 3. The minimum Gasteiger partial charge on any atom is -0.481 e. The summed E-state index contributed by atoms with van der Waals surface area (Å²) in [4.78, 5) is 14.6. The largest absolute Gasteiger partial charge is 0.481 e. The number of rotatable bonds is 4. The molecule has 5 heteroatoms. The monoisotopic (exact) mass is 198 g/mol. The Hall–Kier alpha value is -1.22. The van der Waals surface area contributed by atoms with Crippen molar-refractivity contribution in [1.82, 2.24) is 4.91 Å². The fourth-order valence-corrected chi connectivity index (χ4v) is 1.99. The summed E-state index contributed by atoms with van der Waals surface area (Å²) in [5.41, 5.74) is -0.535. The Morgan fingerprint density at radius 3 is 2.64 bits per heavy atom. The first kappa shape index (κ1) is 10.9. The molecule has 1 saturated carbocycles. The highest BCUT2D eigenvalue weighted by atomic mass is 16.4. The molecular weight excluding hydrogens is 182 g/mol. The molecule has 1 rings (SSSR count). The highest BCUT2D eigenvalue weighted by molar-refractivity contribution is 5.74. The van der Waals surface area contributed by atoms with Gasteiger partial charge in [0.1, 0.15) is 23.8 Å². The number of hydrogen-bond acceptors (Lipinski definition) is 3. The third-order valence-electron chi connectivity index (χ3n) is 2.86. The second-order valence-electron chi connectivity index (χ2n) is 3.70. The van der Waals surface area contributed by atoms with E-state index in [0.29, 0.717) is 13.0 Å². The molecule has 0 heterocycles. The van der Waals surface area contributed by atoms with Crippen LogP contribution in [0.4, 0.5) is 0 Å². The molecule has 0 atom stereocenters. The van der Waals surface area contributed by atoms with Gasteiger partial charge in [-0.25, -0.2) is 0 Å². The SMILES string of the molecule is CN=[N+]=NCCC1(C(=O)O)CCCC1. The van der Waals surface area contributed by atoms with Gasteiger partial charge in [0.25, 0.3) is 0 Å². The fourth-order valence-electron chi connectivity index (χ4n) is 1.99. The molecule has 0 amide bonds. The van der Waals surface area contributed by atoms with Gasteiger partial charge in [0, 0.05) is 0 Å². The molecule has 1 N–H and O–H groups in total. The van der Waals surface area contributed by atoms with E-state index in [-0.39, 0.29) is 0 Å². The Morgan fingerprint density at radius 2 is 2.14 bits per heavy atom. The first-order chi connectivity index (χ1) is 6.71. The summed E-state index contributed by atoms with van der Waals surface area (Å²) >= 11 is 0. The van der Waals surface area contributed by atoms with Gasteiger partial charge in [-0.05, 0) is 19.3 Å². The van der Waals surface area contributed by atoms with Crippen LogP contribution in [-0.2, 0) is 4.79 Å². The average Bonchev–Trinajstić information content (AvgIpc) is 2.62. The van der Waals surface area contributed by atoms with Crippen LogP contribution in [0.2, 0.25) is 0 Å². The molecule has 0 saturated heterocycles. The van der Waals surface area contributed by atoms with E-state index in [0.717, 1.165) is 25.7 Å². The first-order valence-electron chi connectivity index (χ1n) is 4.90. The predicted molar refractivity (Wildman–Crippen MR) is 50.9 cm³/mol. The molecule has 1 aliphatic carbocycles. The van der Waals surface area contributed by atoms with Crippen molar-refractivity contribution in [3.05, 3.63) is 0 Å². The molecule has 0 aromatic heterocycles. The van der Waals surface area contributed by atoms with Gasteiger partial charge in [0.15, 0.2) is 0 Å². The molecule has 78 valence electrons. The van der Waals surface area contributed by atoms with Crippen LogP contribution in [0.15, 0.2) is 10.2 Å². The molecule has 1 fully saturated rings. The smallest absolute Gasteiger partial charge is 0.309 e. The van der Waals surface area contributed by atoms with Crippen LogP contribution in [0.1, 0.15) is 32.1 Å². The molecule has 1 aliphatic rings. The van der Waals surface area contributed by atoms with Crippen LogP contribution in [0, 0.1) is 5.41 Å². The van der Waals surface area contributed by atoms with Gasteiger partial charge in [0.2, 0.25) is 4.91 Å². The van der Waals surface area contributed by atoms with Crippen LogP contribution in [0.25, 0.3) is 0 Å². The number of carboxylic acid groups (broad SMARTS) is 1. The van der Waals surface area contributed by atoms with Crippen LogP contribution in [-0.4, -0.2) is 24.7 Å². The highest BCUT2D eigenvalue weighted by Gasteiger charge is 2.40. The zero-order valence-corrected chi connectivity index (χ0v) is 8.44. The van der Waals surface area contributed by atoms with E-state index in [9.17, 15) is 4.79 Å². The van der Waals surface area contributed by atoms with Gasteiger partial charge >= 0.3 is 5.97 Å². The van der Waals surface area contributed by atoms with Crippen molar-refractivity contribution < 1.29 is 9.90 Å². The lowest BCUT2D eigenvalue weighted by Crippen LogP contribution is -2.28. The lowest BCUT2D eigenvalue weighted by molar-refractivity contribution is -0.148. The lowest BCUT2D eigenvalue weighted by atomic mass is 9.83. The predicted octanol–water partition coefficient (Wildman–Crippen LogP) is 1.62. The second kappa shape index (κ2) is 4.86. The van der Waals surface area contributed by atoms with E-state index in [1.807, 2.05) is 0 Å². The molecule has 0 spiro atoms. The topological polar surface area (TPSA) is 76.1 Å². The van der Waals surface area contributed by atoms with Gasteiger partial charge in [-0.15, -0.1) is 0 Å². The van der Waals surface area contributed by atoms with Crippen molar-refractivity contribution in [2.24, 2.45) is 15.6 Å². The Labute approximate surface area is 83.0 Å². The average molecular weight is 198 g/mol. The van der Waals surface area contributed by atoms with Crippen molar-refractivity contribution in [2.45, 2.75) is 32.1 Å². The van der Waals surface area contributed by atoms with Crippen molar-refractivity contribution in [3.63, 3.8) is 0 Å². The summed E-state index contributed by atoms with van der Waals surface area (Å²) in [7, 11) is 1.55. The van der Waals surface area contributed by atoms with Gasteiger partial charge in [-0.1, -0.05) is 12.8 Å². The van der Waals surface area contributed by atoms with Crippen molar-refractivity contribution >= 4 is 5.97 Å². The summed E-state index contributed by atoms with van der Waals surface area (Å²) in [6.07, 6.45) is 4.17. The van der Waals surface area contributed by atoms with Gasteiger partial charge in [-0.2, -0.15) is 0 Å². The van der Waals surface area contributed by atoms with Gasteiger partial charge in [-0.3, -0.25) is 4.79 Å². The maximum absolute atomic E-state index is 11.1. The molecule has 0 radical (unpaired) electrons. The summed E-state index contributed by atoms with van der Waals surface area (Å²) in [6, 6.07) is 0. The third kappa shape index (κ3) is 2.39. The Balaban J connectivity index is 2.52.